The van der Waals surface area contributed by atoms with Gasteiger partial charge in [0.15, 0.2) is 5.13 Å². The predicted octanol–water partition coefficient (Wildman–Crippen LogP) is 4.77. The highest BCUT2D eigenvalue weighted by Gasteiger charge is 2.50. The van der Waals surface area contributed by atoms with Crippen molar-refractivity contribution in [1.82, 2.24) is 19.9 Å². The number of benzene rings is 2. The van der Waals surface area contributed by atoms with E-state index in [1.807, 2.05) is 32.0 Å². The Labute approximate surface area is 206 Å². The van der Waals surface area contributed by atoms with Gasteiger partial charge in [-0.3, -0.25) is 5.32 Å². The van der Waals surface area contributed by atoms with Crippen LogP contribution in [-0.2, 0) is 4.74 Å². The number of hydrogen-bond donors (Lipinski definition) is 1. The molecule has 0 aliphatic carbocycles. The van der Waals surface area contributed by atoms with Crippen molar-refractivity contribution in [3.63, 3.8) is 0 Å². The monoisotopic (exact) mass is 482 g/mol. The second kappa shape index (κ2) is 8.12. The fourth-order valence-electron chi connectivity index (χ4n) is 4.75. The van der Waals surface area contributed by atoms with Gasteiger partial charge >= 0.3 is 6.03 Å². The van der Waals surface area contributed by atoms with Gasteiger partial charge in [0.1, 0.15) is 6.33 Å². The molecule has 2 saturated heterocycles. The lowest BCUT2D eigenvalue weighted by molar-refractivity contribution is -0.174. The van der Waals surface area contributed by atoms with Crippen LogP contribution in [0.3, 0.4) is 0 Å². The van der Waals surface area contributed by atoms with E-state index in [2.05, 4.69) is 33.5 Å². The van der Waals surface area contributed by atoms with Crippen LogP contribution >= 0.6 is 11.3 Å². The molecule has 0 atom stereocenters. The van der Waals surface area contributed by atoms with Crippen molar-refractivity contribution < 1.29 is 9.53 Å². The molecule has 2 fully saturated rings. The van der Waals surface area contributed by atoms with Crippen LogP contribution in [0, 0.1) is 30.6 Å². The summed E-state index contributed by atoms with van der Waals surface area (Å²) >= 11 is 1.43. The maximum atomic E-state index is 12.9. The molecule has 2 aromatic carbocycles. The van der Waals surface area contributed by atoms with E-state index >= 15 is 0 Å². The minimum absolute atomic E-state index is 0.150. The highest BCUT2D eigenvalue weighted by molar-refractivity contribution is 7.19. The summed E-state index contributed by atoms with van der Waals surface area (Å²) in [4.78, 5) is 29.2. The summed E-state index contributed by atoms with van der Waals surface area (Å²) in [5.74, 6) is 0. The van der Waals surface area contributed by atoms with Crippen molar-refractivity contribution in [3.05, 3.63) is 59.5 Å². The van der Waals surface area contributed by atoms with Crippen molar-refractivity contribution >= 4 is 33.4 Å². The summed E-state index contributed by atoms with van der Waals surface area (Å²) in [5.41, 5.74) is 6.07. The zero-order valence-electron chi connectivity index (χ0n) is 19.3. The van der Waals surface area contributed by atoms with Gasteiger partial charge in [0.25, 0.3) is 0 Å². The number of nitrogens with zero attached hydrogens (tertiary/aromatic N) is 5. The van der Waals surface area contributed by atoms with Crippen molar-refractivity contribution in [2.24, 2.45) is 5.41 Å². The molecule has 0 radical (unpaired) electrons. The number of hydrogen-bond acceptors (Lipinski definition) is 7. The number of nitrogens with one attached hydrogen (secondary N) is 1. The van der Waals surface area contributed by atoms with E-state index in [0.29, 0.717) is 23.8 Å². The number of carbonyl (C=O) groups is 1. The molecule has 9 heteroatoms. The van der Waals surface area contributed by atoms with Gasteiger partial charge in [-0.05, 0) is 49.2 Å². The van der Waals surface area contributed by atoms with Gasteiger partial charge in [-0.2, -0.15) is 5.26 Å². The van der Waals surface area contributed by atoms with Crippen LogP contribution in [0.15, 0.2) is 42.7 Å². The molecule has 8 nitrogen and oxygen atoms in total. The van der Waals surface area contributed by atoms with Gasteiger partial charge in [0.2, 0.25) is 0 Å². The first kappa shape index (κ1) is 21.6. The number of aromatic nitrogens is 3. The molecule has 0 saturated carbocycles. The minimum atomic E-state index is -0.154. The Morgan fingerprint density at radius 3 is 2.74 bits per heavy atom. The summed E-state index contributed by atoms with van der Waals surface area (Å²) < 4.78 is 5.31. The average molecular weight is 483 g/mol. The van der Waals surface area contributed by atoms with Gasteiger partial charge in [-0.1, -0.05) is 23.5 Å². The molecule has 174 valence electrons. The third-order valence-electron chi connectivity index (χ3n) is 6.65. The topological polar surface area (TPSA) is 104 Å². The Balaban J connectivity index is 1.41. The number of amides is 2. The van der Waals surface area contributed by atoms with Crippen molar-refractivity contribution in [2.45, 2.75) is 13.8 Å². The van der Waals surface area contributed by atoms with Gasteiger partial charge in [0.05, 0.1) is 46.3 Å². The third kappa shape index (κ3) is 3.71. The zero-order chi connectivity index (χ0) is 24.2. The smallest absolute Gasteiger partial charge is 0.323 e. The lowest BCUT2D eigenvalue weighted by Crippen LogP contribution is -2.67. The van der Waals surface area contributed by atoms with E-state index in [1.165, 1.54) is 11.3 Å². The summed E-state index contributed by atoms with van der Waals surface area (Å²) in [6, 6.07) is 13.6. The molecule has 0 unspecified atom stereocenters. The van der Waals surface area contributed by atoms with Gasteiger partial charge in [-0.25, -0.2) is 19.7 Å². The van der Waals surface area contributed by atoms with E-state index in [4.69, 9.17) is 9.72 Å². The van der Waals surface area contributed by atoms with Crippen LogP contribution in [0.5, 0.6) is 0 Å². The lowest BCUT2D eigenvalue weighted by atomic mass is 9.78. The normalized spacial score (nSPS) is 16.0. The number of rotatable bonds is 3. The fraction of sp³-hybridized carbons (Fsp3) is 0.269. The Morgan fingerprint density at radius 2 is 2.00 bits per heavy atom. The lowest BCUT2D eigenvalue weighted by Gasteiger charge is -2.54. The largest absolute Gasteiger partial charge is 0.380 e. The van der Waals surface area contributed by atoms with Gasteiger partial charge in [-0.15, -0.1) is 0 Å². The standard InChI is InChI=1S/C26H22N6O2S/c1-15-6-19(8-20-16(2)28-14-29-21(15)20)23-22(18-5-3-4-17(7-18)9-27)30-24(35-23)31-25(33)32-10-26(11-32)12-34-13-26/h3-8,14H,10-13H2,1-2H3,(H,30,31,33). The van der Waals surface area contributed by atoms with Crippen LogP contribution in [0.4, 0.5) is 9.93 Å². The van der Waals surface area contributed by atoms with Crippen molar-refractivity contribution in [1.29, 1.82) is 5.26 Å². The molecule has 2 aliphatic rings. The maximum Gasteiger partial charge on any atom is 0.323 e. The molecule has 6 rings (SSSR count). The second-order valence-electron chi connectivity index (χ2n) is 9.32. The van der Waals surface area contributed by atoms with Crippen LogP contribution in [-0.4, -0.2) is 52.2 Å². The average Bonchev–Trinajstić information content (AvgIpc) is 3.21. The van der Waals surface area contributed by atoms with E-state index < -0.39 is 0 Å². The second-order valence-corrected chi connectivity index (χ2v) is 10.3. The number of likely N-dealkylation sites (tertiary alicyclic amines) is 1. The van der Waals surface area contributed by atoms with E-state index in [0.717, 1.165) is 57.1 Å². The number of ether oxygens (including phenoxy) is 1. The number of thiazole rings is 1. The maximum absolute atomic E-state index is 12.9. The molecule has 0 bridgehead atoms. The Bertz CT molecular complexity index is 1530. The molecule has 4 aromatic rings. The minimum Gasteiger partial charge on any atom is -0.380 e. The highest BCUT2D eigenvalue weighted by Crippen LogP contribution is 2.42. The van der Waals surface area contributed by atoms with E-state index in [1.54, 1.807) is 17.3 Å². The molecule has 1 N–H and O–H groups in total. The van der Waals surface area contributed by atoms with Crippen LogP contribution in [0.2, 0.25) is 0 Å². The Hall–Kier alpha value is -3.87. The number of fused-ring (bicyclic) bond motifs is 1. The zero-order valence-corrected chi connectivity index (χ0v) is 20.1. The number of carbonyl (C=O) groups excluding carboxylic acids is 1. The number of aryl methyl sites for hydroxylation is 2. The predicted molar refractivity (Wildman–Crippen MR) is 134 cm³/mol. The summed E-state index contributed by atoms with van der Waals surface area (Å²) in [5, 5.41) is 13.9. The number of urea groups is 1. The molecule has 4 heterocycles. The molecular weight excluding hydrogens is 460 g/mol. The quantitative estimate of drug-likeness (QED) is 0.451. The number of nitriles is 1. The number of anilines is 1. The van der Waals surface area contributed by atoms with Gasteiger partial charge < -0.3 is 9.64 Å². The first-order chi connectivity index (χ1) is 16.9. The van der Waals surface area contributed by atoms with Crippen LogP contribution in [0.25, 0.3) is 32.6 Å². The van der Waals surface area contributed by atoms with E-state index in [9.17, 15) is 10.1 Å². The van der Waals surface area contributed by atoms with Crippen LogP contribution < -0.4 is 5.32 Å². The first-order valence-electron chi connectivity index (χ1n) is 11.3. The van der Waals surface area contributed by atoms with E-state index in [-0.39, 0.29) is 11.4 Å². The third-order valence-corrected chi connectivity index (χ3v) is 7.67. The SMILES string of the molecule is Cc1ncnc2c(C)cc(-c3sc(NC(=O)N4CC5(COC5)C4)nc3-c3cccc(C#N)c3)cc12. The first-order valence-corrected chi connectivity index (χ1v) is 12.1. The molecule has 2 aliphatic heterocycles. The summed E-state index contributed by atoms with van der Waals surface area (Å²) in [6.07, 6.45) is 1.58. The van der Waals surface area contributed by atoms with Crippen LogP contribution in [0.1, 0.15) is 16.8 Å². The summed E-state index contributed by atoms with van der Waals surface area (Å²) in [7, 11) is 0. The molecule has 35 heavy (non-hydrogen) atoms. The van der Waals surface area contributed by atoms with Crippen molar-refractivity contribution in [2.75, 3.05) is 31.6 Å². The van der Waals surface area contributed by atoms with Crippen molar-refractivity contribution in [3.8, 4) is 27.8 Å². The van der Waals surface area contributed by atoms with Gasteiger partial charge in [0, 0.05) is 29.7 Å². The Kier molecular flexibility index (Phi) is 5.02. The molecule has 1 spiro atoms. The Morgan fingerprint density at radius 1 is 1.17 bits per heavy atom. The molecular formula is C26H22N6O2S. The highest BCUT2D eigenvalue weighted by atomic mass is 32.1. The fourth-order valence-corrected chi connectivity index (χ4v) is 5.72. The summed E-state index contributed by atoms with van der Waals surface area (Å²) in [6.45, 7) is 6.86. The molecule has 2 aromatic heterocycles. The molecule has 2 amide bonds.